The molecule has 35 heavy (non-hydrogen) atoms. The minimum atomic E-state index is -1.21. The Morgan fingerprint density at radius 2 is 0.971 bits per heavy atom. The molecule has 0 amide bonds. The zero-order chi connectivity index (χ0) is 26.0. The Labute approximate surface area is 213 Å². The highest BCUT2D eigenvalue weighted by Crippen LogP contribution is 2.44. The van der Waals surface area contributed by atoms with Crippen LogP contribution in [-0.2, 0) is 25.7 Å². The Morgan fingerprint density at radius 1 is 0.629 bits per heavy atom. The molecule has 2 rings (SSSR count). The van der Waals surface area contributed by atoms with Crippen LogP contribution in [0.1, 0.15) is 98.4 Å². The summed E-state index contributed by atoms with van der Waals surface area (Å²) in [5.74, 6) is 0.856. The van der Waals surface area contributed by atoms with Gasteiger partial charge in [0.25, 0.3) is 0 Å². The van der Waals surface area contributed by atoms with Gasteiger partial charge in [0.2, 0.25) is 0 Å². The molecular formula is C31H48O4. The van der Waals surface area contributed by atoms with Crippen molar-refractivity contribution >= 4 is 0 Å². The summed E-state index contributed by atoms with van der Waals surface area (Å²) >= 11 is 0. The van der Waals surface area contributed by atoms with E-state index in [0.717, 1.165) is 73.8 Å². The van der Waals surface area contributed by atoms with Gasteiger partial charge in [-0.05, 0) is 67.3 Å². The van der Waals surface area contributed by atoms with E-state index < -0.39 is 11.5 Å². The van der Waals surface area contributed by atoms with Crippen LogP contribution in [0.15, 0.2) is 24.3 Å². The summed E-state index contributed by atoms with van der Waals surface area (Å²) in [6, 6.07) is 8.81. The molecule has 2 aromatic rings. The lowest BCUT2D eigenvalue weighted by molar-refractivity contribution is -0.0753. The topological polar surface area (TPSA) is 69.9 Å². The number of rotatable bonds is 15. The predicted molar refractivity (Wildman–Crippen MR) is 145 cm³/mol. The van der Waals surface area contributed by atoms with Gasteiger partial charge in [-0.25, -0.2) is 0 Å². The minimum Gasteiger partial charge on any atom is -0.484 e. The fraction of sp³-hybridized carbons (Fsp3) is 0.613. The lowest BCUT2D eigenvalue weighted by Crippen LogP contribution is -2.43. The van der Waals surface area contributed by atoms with Crippen LogP contribution in [0, 0.1) is 19.3 Å². The number of benzene rings is 2. The molecule has 0 fully saturated rings. The van der Waals surface area contributed by atoms with Gasteiger partial charge < -0.3 is 20.1 Å². The maximum Gasteiger partial charge on any atom is 0.136 e. The molecule has 1 unspecified atom stereocenters. The van der Waals surface area contributed by atoms with E-state index in [-0.39, 0.29) is 19.8 Å². The quantitative estimate of drug-likeness (QED) is 0.282. The van der Waals surface area contributed by atoms with Crippen LogP contribution in [0.3, 0.4) is 0 Å². The van der Waals surface area contributed by atoms with Gasteiger partial charge in [0, 0.05) is 0 Å². The van der Waals surface area contributed by atoms with Crippen LogP contribution in [0.2, 0.25) is 0 Å². The zero-order valence-corrected chi connectivity index (χ0v) is 22.9. The van der Waals surface area contributed by atoms with Crippen molar-refractivity contribution in [1.82, 2.24) is 0 Å². The molecule has 0 heterocycles. The first kappa shape index (κ1) is 29.4. The standard InChI is InChI=1S/C31H48O4/c1-7-11-24-15-22(5)16-25(12-8-2)28(24)30(31(19-32,20-33)21-34)35-29-26(13-9-3)17-23(6)18-27(29)14-10-4/h15-18,30,32-34H,7-14,19-21H2,1-6H3. The number of hydrogen-bond donors (Lipinski definition) is 3. The van der Waals surface area contributed by atoms with Gasteiger partial charge in [-0.3, -0.25) is 0 Å². The van der Waals surface area contributed by atoms with Crippen molar-refractivity contribution in [2.24, 2.45) is 5.41 Å². The molecule has 1 atom stereocenters. The second-order valence-electron chi connectivity index (χ2n) is 10.2. The van der Waals surface area contributed by atoms with Gasteiger partial charge in [0.15, 0.2) is 0 Å². The Bertz CT molecular complexity index is 867. The highest BCUT2D eigenvalue weighted by atomic mass is 16.5. The highest BCUT2D eigenvalue weighted by molar-refractivity contribution is 5.47. The third-order valence-corrected chi connectivity index (χ3v) is 6.96. The molecule has 2 aromatic carbocycles. The summed E-state index contributed by atoms with van der Waals surface area (Å²) < 4.78 is 6.99. The highest BCUT2D eigenvalue weighted by Gasteiger charge is 2.43. The van der Waals surface area contributed by atoms with Gasteiger partial charge >= 0.3 is 0 Å². The molecule has 0 aliphatic carbocycles. The SMILES string of the molecule is CCCc1cc(C)cc(CCC)c1OC(c1c(CCC)cc(C)cc1CCC)C(CO)(CO)CO. The molecule has 0 radical (unpaired) electrons. The van der Waals surface area contributed by atoms with Crippen molar-refractivity contribution in [3.05, 3.63) is 63.2 Å². The van der Waals surface area contributed by atoms with Gasteiger partial charge in [-0.1, -0.05) is 88.8 Å². The molecule has 0 saturated carbocycles. The van der Waals surface area contributed by atoms with Crippen LogP contribution >= 0.6 is 0 Å². The molecule has 196 valence electrons. The lowest BCUT2D eigenvalue weighted by Gasteiger charge is -2.39. The van der Waals surface area contributed by atoms with E-state index in [1.807, 2.05) is 0 Å². The summed E-state index contributed by atoms with van der Waals surface area (Å²) in [7, 11) is 0. The molecular weight excluding hydrogens is 436 g/mol. The third-order valence-electron chi connectivity index (χ3n) is 6.96. The predicted octanol–water partition coefficient (Wildman–Crippen LogP) is 6.20. The first-order chi connectivity index (χ1) is 16.8. The van der Waals surface area contributed by atoms with Crippen molar-refractivity contribution in [3.8, 4) is 5.75 Å². The number of aliphatic hydroxyl groups is 3. The zero-order valence-electron chi connectivity index (χ0n) is 22.9. The largest absolute Gasteiger partial charge is 0.484 e. The van der Waals surface area contributed by atoms with E-state index in [4.69, 9.17) is 4.74 Å². The molecule has 4 heteroatoms. The van der Waals surface area contributed by atoms with Crippen molar-refractivity contribution < 1.29 is 20.1 Å². The van der Waals surface area contributed by atoms with Gasteiger partial charge in [-0.2, -0.15) is 0 Å². The average Bonchev–Trinajstić information content (AvgIpc) is 2.82. The number of hydrogen-bond acceptors (Lipinski definition) is 4. The van der Waals surface area contributed by atoms with E-state index in [2.05, 4.69) is 65.8 Å². The van der Waals surface area contributed by atoms with Gasteiger partial charge in [0.1, 0.15) is 11.9 Å². The summed E-state index contributed by atoms with van der Waals surface area (Å²) in [6.07, 6.45) is 6.82. The summed E-state index contributed by atoms with van der Waals surface area (Å²) in [5.41, 5.74) is 6.92. The molecule has 0 aromatic heterocycles. The van der Waals surface area contributed by atoms with Crippen LogP contribution < -0.4 is 4.74 Å². The summed E-state index contributed by atoms with van der Waals surface area (Å²) in [5, 5.41) is 31.7. The Morgan fingerprint density at radius 3 is 1.31 bits per heavy atom. The molecule has 0 aliphatic rings. The van der Waals surface area contributed by atoms with Crippen molar-refractivity contribution in [3.63, 3.8) is 0 Å². The number of ether oxygens (including phenoxy) is 1. The Balaban J connectivity index is 2.88. The van der Waals surface area contributed by atoms with Crippen LogP contribution in [-0.4, -0.2) is 35.1 Å². The summed E-state index contributed by atoms with van der Waals surface area (Å²) in [4.78, 5) is 0. The fourth-order valence-corrected chi connectivity index (χ4v) is 5.24. The molecule has 4 nitrogen and oxygen atoms in total. The van der Waals surface area contributed by atoms with E-state index in [9.17, 15) is 15.3 Å². The van der Waals surface area contributed by atoms with E-state index >= 15 is 0 Å². The molecule has 0 spiro atoms. The van der Waals surface area contributed by atoms with E-state index in [0.29, 0.717) is 0 Å². The van der Waals surface area contributed by atoms with Gasteiger partial charge in [0.05, 0.1) is 25.2 Å². The maximum atomic E-state index is 10.6. The first-order valence-corrected chi connectivity index (χ1v) is 13.6. The average molecular weight is 485 g/mol. The minimum absolute atomic E-state index is 0.367. The third kappa shape index (κ3) is 6.87. The second-order valence-corrected chi connectivity index (χ2v) is 10.2. The van der Waals surface area contributed by atoms with E-state index in [1.54, 1.807) is 0 Å². The smallest absolute Gasteiger partial charge is 0.136 e. The number of aryl methyl sites for hydroxylation is 6. The first-order valence-electron chi connectivity index (χ1n) is 13.6. The molecule has 0 saturated heterocycles. The molecule has 0 aliphatic heterocycles. The van der Waals surface area contributed by atoms with Crippen molar-refractivity contribution in [1.29, 1.82) is 0 Å². The second kappa shape index (κ2) is 14.0. The van der Waals surface area contributed by atoms with Crippen LogP contribution in [0.4, 0.5) is 0 Å². The Hall–Kier alpha value is -1.88. The van der Waals surface area contributed by atoms with Crippen molar-refractivity contribution in [2.45, 2.75) is 99.0 Å². The van der Waals surface area contributed by atoms with Gasteiger partial charge in [-0.15, -0.1) is 0 Å². The summed E-state index contributed by atoms with van der Waals surface area (Å²) in [6.45, 7) is 11.8. The lowest BCUT2D eigenvalue weighted by atomic mass is 9.76. The molecule has 0 bridgehead atoms. The monoisotopic (exact) mass is 484 g/mol. The molecule has 3 N–H and O–H groups in total. The maximum absolute atomic E-state index is 10.6. The Kier molecular flexibility index (Phi) is 11.7. The van der Waals surface area contributed by atoms with Crippen molar-refractivity contribution in [2.75, 3.05) is 19.8 Å². The number of aliphatic hydroxyl groups excluding tert-OH is 3. The van der Waals surface area contributed by atoms with Crippen LogP contribution in [0.25, 0.3) is 0 Å². The normalized spacial score (nSPS) is 12.7. The van der Waals surface area contributed by atoms with E-state index in [1.165, 1.54) is 22.3 Å². The fourth-order valence-electron chi connectivity index (χ4n) is 5.24. The van der Waals surface area contributed by atoms with Crippen LogP contribution in [0.5, 0.6) is 5.75 Å².